The van der Waals surface area contributed by atoms with E-state index < -0.39 is 0 Å². The molecule has 0 atom stereocenters. The van der Waals surface area contributed by atoms with Gasteiger partial charge in [0.15, 0.2) is 0 Å². The average molecular weight is 336 g/mol. The van der Waals surface area contributed by atoms with Crippen molar-refractivity contribution >= 4 is 39.5 Å². The molecule has 0 saturated carbocycles. The first kappa shape index (κ1) is 13.5. The van der Waals surface area contributed by atoms with Crippen LogP contribution in [0.5, 0.6) is 0 Å². The number of benzene rings is 2. The first-order valence-corrected chi connectivity index (χ1v) is 8.08. The smallest absolute Gasteiger partial charge is 0.101 e. The molecule has 0 spiro atoms. The average Bonchev–Trinajstić information content (AvgIpc) is 2.41. The SMILES string of the molecule is CSc1cccc(Sc2ccc(Br)cc2)c1C#N. The second kappa shape index (κ2) is 6.33. The van der Waals surface area contributed by atoms with Gasteiger partial charge in [-0.05, 0) is 42.7 Å². The summed E-state index contributed by atoms with van der Waals surface area (Å²) < 4.78 is 1.06. The molecule has 1 nitrogen and oxygen atoms in total. The van der Waals surface area contributed by atoms with Gasteiger partial charge in [0, 0.05) is 19.2 Å². The van der Waals surface area contributed by atoms with Gasteiger partial charge in [-0.25, -0.2) is 0 Å². The zero-order valence-electron chi connectivity index (χ0n) is 9.68. The molecule has 0 N–H and O–H groups in total. The fraction of sp³-hybridized carbons (Fsp3) is 0.0714. The van der Waals surface area contributed by atoms with E-state index in [1.807, 2.05) is 48.7 Å². The first-order valence-electron chi connectivity index (χ1n) is 5.25. The third-order valence-corrected chi connectivity index (χ3v) is 4.74. The van der Waals surface area contributed by atoms with Crippen molar-refractivity contribution in [3.05, 3.63) is 52.5 Å². The van der Waals surface area contributed by atoms with Gasteiger partial charge in [-0.15, -0.1) is 11.8 Å². The second-order valence-corrected chi connectivity index (χ2v) is 6.38. The van der Waals surface area contributed by atoms with E-state index in [0.717, 1.165) is 24.7 Å². The summed E-state index contributed by atoms with van der Waals surface area (Å²) in [7, 11) is 0. The number of halogens is 1. The predicted octanol–water partition coefficient (Wildman–Crippen LogP) is 5.19. The van der Waals surface area contributed by atoms with Crippen molar-refractivity contribution in [3.63, 3.8) is 0 Å². The molecule has 0 bridgehead atoms. The van der Waals surface area contributed by atoms with Gasteiger partial charge >= 0.3 is 0 Å². The minimum absolute atomic E-state index is 0.762. The number of thioether (sulfide) groups is 1. The highest BCUT2D eigenvalue weighted by molar-refractivity contribution is 9.10. The van der Waals surface area contributed by atoms with Crippen molar-refractivity contribution in [1.82, 2.24) is 0 Å². The molecule has 4 heteroatoms. The van der Waals surface area contributed by atoms with E-state index in [9.17, 15) is 5.26 Å². The van der Waals surface area contributed by atoms with E-state index >= 15 is 0 Å². The Kier molecular flexibility index (Phi) is 4.76. The van der Waals surface area contributed by atoms with Crippen molar-refractivity contribution in [2.45, 2.75) is 14.7 Å². The van der Waals surface area contributed by atoms with Crippen LogP contribution in [0, 0.1) is 11.3 Å². The van der Waals surface area contributed by atoms with E-state index in [-0.39, 0.29) is 0 Å². The largest absolute Gasteiger partial charge is 0.192 e. The van der Waals surface area contributed by atoms with Gasteiger partial charge in [0.05, 0.1) is 5.56 Å². The number of nitrogens with zero attached hydrogens (tertiary/aromatic N) is 1. The number of hydrogen-bond acceptors (Lipinski definition) is 3. The summed E-state index contributed by atoms with van der Waals surface area (Å²) in [6.07, 6.45) is 1.99. The molecule has 0 aromatic heterocycles. The molecular formula is C14H10BrNS2. The van der Waals surface area contributed by atoms with Gasteiger partial charge in [-0.1, -0.05) is 33.8 Å². The molecule has 0 radical (unpaired) electrons. The normalized spacial score (nSPS) is 10.1. The molecular weight excluding hydrogens is 326 g/mol. The summed E-state index contributed by atoms with van der Waals surface area (Å²) in [6, 6.07) is 16.4. The van der Waals surface area contributed by atoms with Gasteiger partial charge in [-0.2, -0.15) is 5.26 Å². The van der Waals surface area contributed by atoms with Crippen LogP contribution in [-0.2, 0) is 0 Å². The Morgan fingerprint density at radius 2 is 1.72 bits per heavy atom. The second-order valence-electron chi connectivity index (χ2n) is 3.50. The highest BCUT2D eigenvalue weighted by Gasteiger charge is 2.08. The highest BCUT2D eigenvalue weighted by atomic mass is 79.9. The van der Waals surface area contributed by atoms with Crippen molar-refractivity contribution in [3.8, 4) is 6.07 Å². The van der Waals surface area contributed by atoms with Crippen LogP contribution in [-0.4, -0.2) is 6.26 Å². The van der Waals surface area contributed by atoms with Crippen LogP contribution in [0.25, 0.3) is 0 Å². The lowest BCUT2D eigenvalue weighted by molar-refractivity contribution is 1.25. The van der Waals surface area contributed by atoms with E-state index in [1.165, 1.54) is 0 Å². The van der Waals surface area contributed by atoms with Crippen LogP contribution in [0.3, 0.4) is 0 Å². The zero-order chi connectivity index (χ0) is 13.0. The molecule has 2 aromatic carbocycles. The van der Waals surface area contributed by atoms with Gasteiger partial charge in [0.2, 0.25) is 0 Å². The van der Waals surface area contributed by atoms with Gasteiger partial charge in [0.25, 0.3) is 0 Å². The lowest BCUT2D eigenvalue weighted by Gasteiger charge is -2.07. The summed E-state index contributed by atoms with van der Waals surface area (Å²) >= 11 is 6.64. The van der Waals surface area contributed by atoms with Crippen LogP contribution >= 0.6 is 39.5 Å². The maximum atomic E-state index is 9.27. The zero-order valence-corrected chi connectivity index (χ0v) is 12.9. The molecule has 0 unspecified atom stereocenters. The van der Waals surface area contributed by atoms with E-state index in [0.29, 0.717) is 0 Å². The number of hydrogen-bond donors (Lipinski definition) is 0. The Labute approximate surface area is 124 Å². The summed E-state index contributed by atoms with van der Waals surface area (Å²) in [4.78, 5) is 3.17. The molecule has 90 valence electrons. The molecule has 18 heavy (non-hydrogen) atoms. The molecule has 0 aliphatic rings. The quantitative estimate of drug-likeness (QED) is 0.721. The van der Waals surface area contributed by atoms with E-state index in [2.05, 4.69) is 22.0 Å². The Hall–Kier alpha value is -0.890. The summed E-state index contributed by atoms with van der Waals surface area (Å²) in [5.74, 6) is 0. The number of rotatable bonds is 3. The third-order valence-electron chi connectivity index (χ3n) is 2.36. The predicted molar refractivity (Wildman–Crippen MR) is 81.2 cm³/mol. The summed E-state index contributed by atoms with van der Waals surface area (Å²) in [5.41, 5.74) is 0.762. The first-order chi connectivity index (χ1) is 8.74. The Morgan fingerprint density at radius 1 is 1.06 bits per heavy atom. The van der Waals surface area contributed by atoms with Crippen LogP contribution in [0.2, 0.25) is 0 Å². The molecule has 2 rings (SSSR count). The van der Waals surface area contributed by atoms with Crippen LogP contribution in [0.15, 0.2) is 61.6 Å². The Morgan fingerprint density at radius 3 is 2.33 bits per heavy atom. The fourth-order valence-electron chi connectivity index (χ4n) is 1.51. The lowest BCUT2D eigenvalue weighted by atomic mass is 10.2. The van der Waals surface area contributed by atoms with Crippen molar-refractivity contribution in [1.29, 1.82) is 5.26 Å². The maximum absolute atomic E-state index is 9.27. The Bertz CT molecular complexity index is 588. The van der Waals surface area contributed by atoms with E-state index in [1.54, 1.807) is 23.5 Å². The lowest BCUT2D eigenvalue weighted by Crippen LogP contribution is -1.85. The molecule has 0 amide bonds. The molecule has 0 saturated heterocycles. The standard InChI is InChI=1S/C14H10BrNS2/c1-17-13-3-2-4-14(12(13)9-16)18-11-7-5-10(15)6-8-11/h2-8H,1H3. The van der Waals surface area contributed by atoms with Crippen LogP contribution in [0.1, 0.15) is 5.56 Å². The fourth-order valence-corrected chi connectivity index (χ4v) is 3.34. The summed E-state index contributed by atoms with van der Waals surface area (Å²) in [5, 5.41) is 9.27. The molecule has 2 aromatic rings. The van der Waals surface area contributed by atoms with Gasteiger partial charge in [-0.3, -0.25) is 0 Å². The van der Waals surface area contributed by atoms with Crippen molar-refractivity contribution in [2.75, 3.05) is 6.26 Å². The molecule has 0 aliphatic heterocycles. The number of nitriles is 1. The highest BCUT2D eigenvalue weighted by Crippen LogP contribution is 2.34. The maximum Gasteiger partial charge on any atom is 0.101 e. The monoisotopic (exact) mass is 335 g/mol. The third kappa shape index (κ3) is 3.11. The Balaban J connectivity index is 2.35. The van der Waals surface area contributed by atoms with Gasteiger partial charge < -0.3 is 0 Å². The van der Waals surface area contributed by atoms with Gasteiger partial charge in [0.1, 0.15) is 6.07 Å². The minimum atomic E-state index is 0.762. The van der Waals surface area contributed by atoms with Crippen molar-refractivity contribution < 1.29 is 0 Å². The minimum Gasteiger partial charge on any atom is -0.192 e. The van der Waals surface area contributed by atoms with Crippen molar-refractivity contribution in [2.24, 2.45) is 0 Å². The van der Waals surface area contributed by atoms with Crippen LogP contribution < -0.4 is 0 Å². The summed E-state index contributed by atoms with van der Waals surface area (Å²) in [6.45, 7) is 0. The molecule has 0 fully saturated rings. The molecule has 0 aliphatic carbocycles. The topological polar surface area (TPSA) is 23.8 Å². The molecule has 0 heterocycles. The van der Waals surface area contributed by atoms with Crippen LogP contribution in [0.4, 0.5) is 0 Å². The van der Waals surface area contributed by atoms with E-state index in [4.69, 9.17) is 0 Å².